The third-order valence-corrected chi connectivity index (χ3v) is 6.06. The Bertz CT molecular complexity index is 870. The smallest absolute Gasteiger partial charge is 0.288 e. The second-order valence-corrected chi connectivity index (χ2v) is 8.23. The van der Waals surface area contributed by atoms with E-state index in [-0.39, 0.29) is 17.4 Å². The van der Waals surface area contributed by atoms with E-state index in [9.17, 15) is 14.4 Å². The van der Waals surface area contributed by atoms with Crippen molar-refractivity contribution in [3.8, 4) is 0 Å². The fourth-order valence-electron chi connectivity index (χ4n) is 3.37. The number of hydrogen-bond donors (Lipinski definition) is 3. The average molecular weight is 427 g/mol. The van der Waals surface area contributed by atoms with Gasteiger partial charge in [0.15, 0.2) is 0 Å². The number of aromatic nitrogens is 1. The second kappa shape index (κ2) is 11.3. The highest BCUT2D eigenvalue weighted by molar-refractivity contribution is 8.00. The van der Waals surface area contributed by atoms with Crippen LogP contribution in [0.5, 0.6) is 0 Å². The van der Waals surface area contributed by atoms with Crippen LogP contribution in [0, 0.1) is 5.92 Å². The van der Waals surface area contributed by atoms with Crippen molar-refractivity contribution in [2.45, 2.75) is 37.0 Å². The molecule has 3 N–H and O–H groups in total. The number of benzene rings is 1. The van der Waals surface area contributed by atoms with Crippen LogP contribution >= 0.6 is 11.8 Å². The minimum atomic E-state index is -0.504. The van der Waals surface area contributed by atoms with Crippen LogP contribution < -0.4 is 16.2 Å². The monoisotopic (exact) mass is 426 g/mol. The van der Waals surface area contributed by atoms with Gasteiger partial charge in [-0.1, -0.05) is 37.5 Å². The molecule has 0 radical (unpaired) electrons. The predicted octanol–water partition coefficient (Wildman–Crippen LogP) is 2.95. The number of carbonyl (C=O) groups is 3. The molecule has 0 saturated heterocycles. The Hall–Kier alpha value is -2.87. The molecule has 0 spiro atoms. The van der Waals surface area contributed by atoms with Crippen LogP contribution in [0.1, 0.15) is 53.0 Å². The Balaban J connectivity index is 1.48. The zero-order chi connectivity index (χ0) is 21.2. The molecular formula is C22H26N4O3S. The van der Waals surface area contributed by atoms with Gasteiger partial charge in [-0.05, 0) is 43.0 Å². The van der Waals surface area contributed by atoms with Crippen molar-refractivity contribution in [2.75, 3.05) is 12.3 Å². The summed E-state index contributed by atoms with van der Waals surface area (Å²) < 4.78 is 0. The lowest BCUT2D eigenvalue weighted by Crippen LogP contribution is -2.42. The lowest BCUT2D eigenvalue weighted by molar-refractivity contribution is -0.118. The van der Waals surface area contributed by atoms with Gasteiger partial charge in [0.2, 0.25) is 5.91 Å². The molecule has 1 aliphatic carbocycles. The van der Waals surface area contributed by atoms with Gasteiger partial charge >= 0.3 is 0 Å². The molecule has 0 aliphatic heterocycles. The van der Waals surface area contributed by atoms with Crippen molar-refractivity contribution in [2.24, 2.45) is 5.92 Å². The van der Waals surface area contributed by atoms with Gasteiger partial charge < -0.3 is 5.32 Å². The molecule has 1 aromatic heterocycles. The third kappa shape index (κ3) is 6.59. The van der Waals surface area contributed by atoms with Gasteiger partial charge in [0.05, 0.1) is 11.3 Å². The van der Waals surface area contributed by atoms with Crippen LogP contribution in [0.25, 0.3) is 0 Å². The van der Waals surface area contributed by atoms with E-state index >= 15 is 0 Å². The van der Waals surface area contributed by atoms with Crippen molar-refractivity contribution < 1.29 is 14.4 Å². The fourth-order valence-corrected chi connectivity index (χ4v) is 4.25. The van der Waals surface area contributed by atoms with Crippen LogP contribution in [0.2, 0.25) is 0 Å². The van der Waals surface area contributed by atoms with E-state index in [2.05, 4.69) is 21.2 Å². The maximum absolute atomic E-state index is 12.5. The average Bonchev–Trinajstić information content (AvgIpc) is 2.81. The molecule has 1 fully saturated rings. The maximum Gasteiger partial charge on any atom is 0.288 e. The van der Waals surface area contributed by atoms with Gasteiger partial charge in [-0.25, -0.2) is 0 Å². The van der Waals surface area contributed by atoms with Crippen LogP contribution in [-0.2, 0) is 4.79 Å². The van der Waals surface area contributed by atoms with Gasteiger partial charge in [-0.15, -0.1) is 11.8 Å². The molecular weight excluding hydrogens is 400 g/mol. The molecule has 2 aromatic rings. The third-order valence-electron chi connectivity index (χ3n) is 4.99. The first kappa shape index (κ1) is 21.8. The zero-order valence-electron chi connectivity index (χ0n) is 16.7. The zero-order valence-corrected chi connectivity index (χ0v) is 17.5. The molecule has 1 aliphatic rings. The second-order valence-electron chi connectivity index (χ2n) is 7.22. The first-order chi connectivity index (χ1) is 14.6. The number of pyridine rings is 1. The first-order valence-corrected chi connectivity index (χ1v) is 11.1. The summed E-state index contributed by atoms with van der Waals surface area (Å²) >= 11 is 1.30. The molecule has 0 bridgehead atoms. The highest BCUT2D eigenvalue weighted by atomic mass is 32.2. The number of hydrogen-bond acceptors (Lipinski definition) is 5. The highest BCUT2D eigenvalue weighted by Gasteiger charge is 2.16. The minimum absolute atomic E-state index is 0.0377. The van der Waals surface area contributed by atoms with Crippen LogP contribution in [0.4, 0.5) is 0 Å². The number of thioether (sulfide) groups is 1. The first-order valence-electron chi connectivity index (χ1n) is 10.1. The van der Waals surface area contributed by atoms with Crippen molar-refractivity contribution >= 4 is 29.5 Å². The summed E-state index contributed by atoms with van der Waals surface area (Å²) in [5.41, 5.74) is 5.35. The molecule has 7 nitrogen and oxygen atoms in total. The van der Waals surface area contributed by atoms with E-state index in [1.165, 1.54) is 50.1 Å². The molecule has 0 atom stereocenters. The predicted molar refractivity (Wildman–Crippen MR) is 116 cm³/mol. The molecule has 1 saturated carbocycles. The molecule has 30 heavy (non-hydrogen) atoms. The number of carbonyl (C=O) groups excluding carboxylic acids is 3. The van der Waals surface area contributed by atoms with Crippen molar-refractivity contribution in [1.29, 1.82) is 0 Å². The number of amides is 3. The van der Waals surface area contributed by atoms with Crippen LogP contribution in [0.3, 0.4) is 0 Å². The Kier molecular flexibility index (Phi) is 8.26. The van der Waals surface area contributed by atoms with Crippen molar-refractivity contribution in [3.05, 3.63) is 59.9 Å². The van der Waals surface area contributed by atoms with Crippen molar-refractivity contribution in [1.82, 2.24) is 21.2 Å². The molecule has 8 heteroatoms. The topological polar surface area (TPSA) is 100 Å². The normalized spacial score (nSPS) is 14.0. The van der Waals surface area contributed by atoms with Crippen LogP contribution in [0.15, 0.2) is 53.6 Å². The molecule has 1 aromatic carbocycles. The summed E-state index contributed by atoms with van der Waals surface area (Å²) in [5, 5.41) is 3.01. The van der Waals surface area contributed by atoms with E-state index < -0.39 is 11.8 Å². The molecule has 3 amide bonds. The quantitative estimate of drug-likeness (QED) is 0.467. The maximum atomic E-state index is 12.5. The van der Waals surface area contributed by atoms with Gasteiger partial charge in [-0.3, -0.25) is 30.2 Å². The van der Waals surface area contributed by atoms with E-state index in [0.717, 1.165) is 6.54 Å². The standard InChI is InChI=1S/C22H26N4O3S/c27-20(24-14-16-8-2-1-3-9-16)15-30-19-12-5-4-10-17(19)21(28)25-26-22(29)18-11-6-7-13-23-18/h4-7,10-13,16H,1-3,8-9,14-15H2,(H,24,27)(H,25,28)(H,26,29). The Morgan fingerprint density at radius 3 is 2.43 bits per heavy atom. The lowest BCUT2D eigenvalue weighted by Gasteiger charge is -2.21. The Morgan fingerprint density at radius 1 is 0.933 bits per heavy atom. The lowest BCUT2D eigenvalue weighted by atomic mass is 9.89. The van der Waals surface area contributed by atoms with Gasteiger partial charge in [0, 0.05) is 17.6 Å². The van der Waals surface area contributed by atoms with Gasteiger partial charge in [0.1, 0.15) is 5.69 Å². The minimum Gasteiger partial charge on any atom is -0.355 e. The number of nitrogens with zero attached hydrogens (tertiary/aromatic N) is 1. The molecule has 1 heterocycles. The number of rotatable bonds is 7. The summed E-state index contributed by atoms with van der Waals surface area (Å²) in [5.74, 6) is -0.184. The number of nitrogens with one attached hydrogen (secondary N) is 3. The largest absolute Gasteiger partial charge is 0.355 e. The van der Waals surface area contributed by atoms with Crippen LogP contribution in [-0.4, -0.2) is 35.0 Å². The number of hydrazine groups is 1. The molecule has 158 valence electrons. The molecule has 3 rings (SSSR count). The summed E-state index contributed by atoms with van der Waals surface area (Å²) in [4.78, 5) is 41.4. The summed E-state index contributed by atoms with van der Waals surface area (Å²) in [6, 6.07) is 11.9. The van der Waals surface area contributed by atoms with Gasteiger partial charge in [0.25, 0.3) is 11.8 Å². The van der Waals surface area contributed by atoms with Crippen molar-refractivity contribution in [3.63, 3.8) is 0 Å². The SMILES string of the molecule is O=C(CSc1ccccc1C(=O)NNC(=O)c1ccccn1)NCC1CCCCC1. The fraction of sp³-hybridized carbons (Fsp3) is 0.364. The van der Waals surface area contributed by atoms with E-state index in [0.29, 0.717) is 16.4 Å². The van der Waals surface area contributed by atoms with E-state index in [4.69, 9.17) is 0 Å². The van der Waals surface area contributed by atoms with E-state index in [1.807, 2.05) is 6.07 Å². The Labute approximate surface area is 180 Å². The Morgan fingerprint density at radius 2 is 1.67 bits per heavy atom. The van der Waals surface area contributed by atoms with Gasteiger partial charge in [-0.2, -0.15) is 0 Å². The van der Waals surface area contributed by atoms with E-state index in [1.54, 1.807) is 36.4 Å². The highest BCUT2D eigenvalue weighted by Crippen LogP contribution is 2.24. The summed E-state index contributed by atoms with van der Waals surface area (Å²) in [6.07, 6.45) is 7.65. The summed E-state index contributed by atoms with van der Waals surface area (Å²) in [7, 11) is 0. The summed E-state index contributed by atoms with van der Waals surface area (Å²) in [6.45, 7) is 0.723. The molecule has 0 unspecified atom stereocenters.